The van der Waals surface area contributed by atoms with Crippen LogP contribution >= 0.6 is 11.3 Å². The number of ether oxygens (including phenoxy) is 1. The Morgan fingerprint density at radius 3 is 2.50 bits per heavy atom. The van der Waals surface area contributed by atoms with Gasteiger partial charge in [-0.3, -0.25) is 4.79 Å². The fourth-order valence-electron chi connectivity index (χ4n) is 4.26. The number of nitrogens with zero attached hydrogens (tertiary/aromatic N) is 3. The number of carbonyl (C=O) groups excluding carboxylic acids is 1. The van der Waals surface area contributed by atoms with Gasteiger partial charge in [-0.2, -0.15) is 23.7 Å². The van der Waals surface area contributed by atoms with Gasteiger partial charge in [0, 0.05) is 27.6 Å². The van der Waals surface area contributed by atoms with Gasteiger partial charge in [0.15, 0.2) is 5.41 Å². The number of thiophene rings is 1. The minimum Gasteiger partial charge on any atom is -0.492 e. The molecule has 1 aliphatic heterocycles. The van der Waals surface area contributed by atoms with Gasteiger partial charge in [0.1, 0.15) is 29.4 Å². The minimum absolute atomic E-state index is 0.132. The number of hydrogen-bond donors (Lipinski definition) is 0. The zero-order valence-electron chi connectivity index (χ0n) is 19.7. The van der Waals surface area contributed by atoms with Crippen molar-refractivity contribution >= 4 is 17.2 Å². The Morgan fingerprint density at radius 2 is 1.87 bits per heavy atom. The largest absolute Gasteiger partial charge is 0.492 e. The van der Waals surface area contributed by atoms with E-state index in [2.05, 4.69) is 0 Å². The summed E-state index contributed by atoms with van der Waals surface area (Å²) in [6, 6.07) is 13.7. The van der Waals surface area contributed by atoms with Gasteiger partial charge in [-0.25, -0.2) is 8.78 Å². The van der Waals surface area contributed by atoms with E-state index in [1.165, 1.54) is 18.2 Å². The van der Waals surface area contributed by atoms with Gasteiger partial charge in [0.2, 0.25) is 0 Å². The molecule has 0 fully saturated rings. The van der Waals surface area contributed by atoms with Crippen LogP contribution < -0.4 is 4.74 Å². The van der Waals surface area contributed by atoms with Crippen LogP contribution in [0.3, 0.4) is 0 Å². The zero-order valence-corrected chi connectivity index (χ0v) is 20.5. The molecular formula is C27H18F5N3O2S. The SMILES string of the molecule is CCOc1ccc(-c2ccc(C3(C#N)C(=O)N(Cc4ccc(F)cc4F)C=CC3C(F)(F)F)s2)cc1C#N. The van der Waals surface area contributed by atoms with Gasteiger partial charge in [-0.1, -0.05) is 12.1 Å². The van der Waals surface area contributed by atoms with Crippen LogP contribution in [0.15, 0.2) is 60.8 Å². The van der Waals surface area contributed by atoms with E-state index in [9.17, 15) is 37.3 Å². The van der Waals surface area contributed by atoms with Crippen molar-refractivity contribution < 1.29 is 31.5 Å². The first kappa shape index (κ1) is 26.8. The lowest BCUT2D eigenvalue weighted by molar-refractivity contribution is -0.183. The fraction of sp³-hybridized carbons (Fsp3) is 0.222. The van der Waals surface area contributed by atoms with E-state index in [-0.39, 0.29) is 16.0 Å². The number of benzene rings is 2. The van der Waals surface area contributed by atoms with Crippen LogP contribution in [0, 0.1) is 40.2 Å². The van der Waals surface area contributed by atoms with E-state index >= 15 is 0 Å². The number of allylic oxidation sites excluding steroid dienone is 1. The van der Waals surface area contributed by atoms with Crippen LogP contribution in [0.4, 0.5) is 22.0 Å². The van der Waals surface area contributed by atoms with Crippen molar-refractivity contribution in [3.05, 3.63) is 88.4 Å². The Kier molecular flexibility index (Phi) is 7.25. The summed E-state index contributed by atoms with van der Waals surface area (Å²) in [7, 11) is 0. The number of nitriles is 2. The molecule has 4 rings (SSSR count). The highest BCUT2D eigenvalue weighted by Crippen LogP contribution is 2.49. The van der Waals surface area contributed by atoms with E-state index < -0.39 is 41.6 Å². The summed E-state index contributed by atoms with van der Waals surface area (Å²) in [5.74, 6) is -5.14. The van der Waals surface area contributed by atoms with Gasteiger partial charge in [0.05, 0.1) is 24.8 Å². The van der Waals surface area contributed by atoms with Crippen molar-refractivity contribution in [2.24, 2.45) is 5.92 Å². The maximum atomic E-state index is 14.2. The first-order chi connectivity index (χ1) is 18.0. The molecular weight excluding hydrogens is 525 g/mol. The molecule has 2 unspecified atom stereocenters. The van der Waals surface area contributed by atoms with E-state index in [1.54, 1.807) is 25.1 Å². The molecule has 0 saturated carbocycles. The number of amides is 1. The van der Waals surface area contributed by atoms with Gasteiger partial charge in [-0.05, 0) is 48.9 Å². The van der Waals surface area contributed by atoms with E-state index in [0.717, 1.165) is 34.6 Å². The van der Waals surface area contributed by atoms with Crippen LogP contribution in [0.1, 0.15) is 22.9 Å². The molecule has 2 heterocycles. The van der Waals surface area contributed by atoms with Crippen LogP contribution in [0.2, 0.25) is 0 Å². The average Bonchev–Trinajstić information content (AvgIpc) is 3.37. The highest BCUT2D eigenvalue weighted by Gasteiger charge is 2.61. The molecule has 194 valence electrons. The van der Waals surface area contributed by atoms with Crippen molar-refractivity contribution in [2.75, 3.05) is 6.61 Å². The zero-order chi connectivity index (χ0) is 27.7. The van der Waals surface area contributed by atoms with E-state index in [1.807, 2.05) is 6.07 Å². The summed E-state index contributed by atoms with van der Waals surface area (Å²) in [6.07, 6.45) is -3.37. The van der Waals surface area contributed by atoms with Crippen LogP contribution in [-0.4, -0.2) is 23.6 Å². The Morgan fingerprint density at radius 1 is 1.11 bits per heavy atom. The minimum atomic E-state index is -4.95. The van der Waals surface area contributed by atoms with E-state index in [0.29, 0.717) is 34.9 Å². The van der Waals surface area contributed by atoms with Gasteiger partial charge in [0.25, 0.3) is 5.91 Å². The lowest BCUT2D eigenvalue weighted by Crippen LogP contribution is -2.54. The molecule has 11 heteroatoms. The summed E-state index contributed by atoms with van der Waals surface area (Å²) >= 11 is 0.814. The van der Waals surface area contributed by atoms with Crippen molar-refractivity contribution in [1.82, 2.24) is 4.90 Å². The normalized spacial score (nSPS) is 19.2. The third-order valence-electron chi connectivity index (χ3n) is 6.09. The molecule has 2 atom stereocenters. The molecule has 2 aromatic carbocycles. The Bertz CT molecular complexity index is 1500. The molecule has 0 N–H and O–H groups in total. The summed E-state index contributed by atoms with van der Waals surface area (Å²) in [5, 5.41) is 19.6. The molecule has 0 radical (unpaired) electrons. The summed E-state index contributed by atoms with van der Waals surface area (Å²) in [5.41, 5.74) is -2.11. The lowest BCUT2D eigenvalue weighted by atomic mass is 9.71. The smallest absolute Gasteiger partial charge is 0.397 e. The molecule has 0 spiro atoms. The second-order valence-corrected chi connectivity index (χ2v) is 9.45. The topological polar surface area (TPSA) is 77.1 Å². The standard InChI is InChI=1S/C27H18F5N3O2S/c1-2-37-21-6-4-16(11-18(21)13-33)22-7-8-24(38-22)26(15-34)23(27(30,31)32)9-10-35(25(26)36)14-17-3-5-19(28)12-20(17)29/h3-12,23H,2,14H2,1H3. The van der Waals surface area contributed by atoms with Crippen molar-refractivity contribution in [3.8, 4) is 28.3 Å². The summed E-state index contributed by atoms with van der Waals surface area (Å²) in [6.45, 7) is 1.58. The maximum Gasteiger partial charge on any atom is 0.397 e. The lowest BCUT2D eigenvalue weighted by Gasteiger charge is -2.39. The van der Waals surface area contributed by atoms with Gasteiger partial charge < -0.3 is 9.64 Å². The highest BCUT2D eigenvalue weighted by molar-refractivity contribution is 7.15. The third-order valence-corrected chi connectivity index (χ3v) is 7.36. The molecule has 1 aromatic heterocycles. The fourth-order valence-corrected chi connectivity index (χ4v) is 5.44. The molecule has 5 nitrogen and oxygen atoms in total. The van der Waals surface area contributed by atoms with Crippen LogP contribution in [0.25, 0.3) is 10.4 Å². The van der Waals surface area contributed by atoms with Gasteiger partial charge in [-0.15, -0.1) is 11.3 Å². The second-order valence-electron chi connectivity index (χ2n) is 8.37. The van der Waals surface area contributed by atoms with Crippen molar-refractivity contribution in [1.29, 1.82) is 10.5 Å². The number of rotatable bonds is 6. The summed E-state index contributed by atoms with van der Waals surface area (Å²) < 4.78 is 75.5. The predicted molar refractivity (Wildman–Crippen MR) is 129 cm³/mol. The predicted octanol–water partition coefficient (Wildman–Crippen LogP) is 6.46. The maximum absolute atomic E-state index is 14.2. The number of hydrogen-bond acceptors (Lipinski definition) is 5. The number of carbonyl (C=O) groups is 1. The Balaban J connectivity index is 1.78. The van der Waals surface area contributed by atoms with Crippen molar-refractivity contribution in [3.63, 3.8) is 0 Å². The molecule has 0 bridgehead atoms. The molecule has 0 saturated heterocycles. The molecule has 3 aromatic rings. The monoisotopic (exact) mass is 543 g/mol. The molecule has 0 aliphatic carbocycles. The molecule has 1 amide bonds. The first-order valence-corrected chi connectivity index (χ1v) is 12.1. The summed E-state index contributed by atoms with van der Waals surface area (Å²) in [4.78, 5) is 14.7. The van der Waals surface area contributed by atoms with E-state index in [4.69, 9.17) is 4.74 Å². The quantitative estimate of drug-likeness (QED) is 0.335. The second kappa shape index (κ2) is 10.3. The Labute approximate surface area is 218 Å². The third kappa shape index (κ3) is 4.73. The number of alkyl halides is 3. The Hall–Kier alpha value is -4.22. The average molecular weight is 544 g/mol. The first-order valence-electron chi connectivity index (χ1n) is 11.2. The van der Waals surface area contributed by atoms with Gasteiger partial charge >= 0.3 is 6.18 Å². The van der Waals surface area contributed by atoms with Crippen molar-refractivity contribution in [2.45, 2.75) is 25.1 Å². The van der Waals surface area contributed by atoms with Crippen LogP contribution in [-0.2, 0) is 16.8 Å². The number of halogens is 5. The van der Waals surface area contributed by atoms with Crippen LogP contribution in [0.5, 0.6) is 5.75 Å². The molecule has 1 aliphatic rings. The highest BCUT2D eigenvalue weighted by atomic mass is 32.1. The molecule has 38 heavy (non-hydrogen) atoms.